The summed E-state index contributed by atoms with van der Waals surface area (Å²) >= 11 is 0. The Kier molecular flexibility index (Phi) is 25.4. The smallest absolute Gasteiger partial charge is 0.329 e. The average Bonchev–Trinajstić information content (AvgIpc) is 4.08. The van der Waals surface area contributed by atoms with Gasteiger partial charge in [-0.25, -0.2) is 4.79 Å². The minimum atomic E-state index is -1.19. The van der Waals surface area contributed by atoms with Crippen LogP contribution in [0.3, 0.4) is 0 Å². The molecule has 3 rings (SSSR count). The maximum absolute atomic E-state index is 14.8. The van der Waals surface area contributed by atoms with E-state index < -0.39 is 114 Å². The molecule has 432 valence electrons. The zero-order valence-electron chi connectivity index (χ0n) is 49.3. The molecule has 1 N–H and O–H groups in total. The molecule has 3 aliphatic rings. The number of amides is 6. The number of methoxy groups -OCH3 is 2. The third-order valence-corrected chi connectivity index (χ3v) is 16.3. The maximum atomic E-state index is 14.8. The van der Waals surface area contributed by atoms with Gasteiger partial charge in [0, 0.05) is 54.5 Å². The van der Waals surface area contributed by atoms with Crippen LogP contribution >= 0.6 is 0 Å². The van der Waals surface area contributed by atoms with Crippen molar-refractivity contribution in [3.8, 4) is 0 Å². The molecule has 3 heterocycles. The van der Waals surface area contributed by atoms with E-state index in [1.807, 2.05) is 54.5 Å². The van der Waals surface area contributed by atoms with Crippen molar-refractivity contribution in [3.63, 3.8) is 0 Å². The lowest BCUT2D eigenvalue weighted by Crippen LogP contribution is -2.62. The second-order valence-corrected chi connectivity index (χ2v) is 22.8. The van der Waals surface area contributed by atoms with E-state index in [1.165, 1.54) is 70.8 Å². The summed E-state index contributed by atoms with van der Waals surface area (Å²) in [5.41, 5.74) is 0.638. The van der Waals surface area contributed by atoms with Crippen LogP contribution in [0.2, 0.25) is 0 Å². The SMILES string of the molecule is CCC(C)C1C(=O)N(C)C(C(C)C)C(=O)N(C)C(COC)C(=O)N2CCCC2C(=O)N(C)C(C(C)C)C(=O)N2CCCC2C(=O)OC(C(C)C)CCCC(O)C(C)C(=O)OC(C)C(C)CC=C(C)C(OC)=CC(=O)N1C. The number of ether oxygens (including phenoxy) is 4. The Morgan fingerprint density at radius 1 is 0.632 bits per heavy atom. The molecule has 0 aromatic heterocycles. The molecule has 12 atom stereocenters. The quantitative estimate of drug-likeness (QED) is 0.300. The zero-order valence-corrected chi connectivity index (χ0v) is 49.3. The minimum Gasteiger partial charge on any atom is -0.496 e. The fourth-order valence-corrected chi connectivity index (χ4v) is 10.8. The number of likely N-dealkylation sites (N-methyl/N-ethyl adjacent to an activating group) is 4. The maximum Gasteiger partial charge on any atom is 0.329 e. The van der Waals surface area contributed by atoms with Gasteiger partial charge in [-0.05, 0) is 107 Å². The van der Waals surface area contributed by atoms with Gasteiger partial charge in [-0.1, -0.05) is 74.8 Å². The van der Waals surface area contributed by atoms with E-state index in [-0.39, 0.29) is 55.5 Å². The number of esters is 2. The first-order valence-corrected chi connectivity index (χ1v) is 27.8. The van der Waals surface area contributed by atoms with E-state index in [2.05, 4.69) is 0 Å². The molecule has 2 fully saturated rings. The highest BCUT2D eigenvalue weighted by Gasteiger charge is 2.47. The monoisotopic (exact) mass is 1070 g/mol. The number of rotatable bonds is 8. The molecule has 2 saturated heterocycles. The minimum absolute atomic E-state index is 0.0950. The van der Waals surface area contributed by atoms with Crippen LogP contribution in [0.25, 0.3) is 0 Å². The van der Waals surface area contributed by atoms with E-state index in [1.54, 1.807) is 41.7 Å². The number of nitrogens with zero attached hydrogens (tertiary/aromatic N) is 6. The molecule has 19 heteroatoms. The molecule has 19 nitrogen and oxygen atoms in total. The van der Waals surface area contributed by atoms with Crippen molar-refractivity contribution in [3.05, 3.63) is 23.5 Å². The predicted octanol–water partition coefficient (Wildman–Crippen LogP) is 5.46. The first-order chi connectivity index (χ1) is 35.6. The predicted molar refractivity (Wildman–Crippen MR) is 289 cm³/mol. The highest BCUT2D eigenvalue weighted by atomic mass is 16.6. The van der Waals surface area contributed by atoms with E-state index in [4.69, 9.17) is 18.9 Å². The summed E-state index contributed by atoms with van der Waals surface area (Å²) in [6.07, 6.45) is 4.91. The topological polar surface area (TPSA) is 213 Å². The zero-order chi connectivity index (χ0) is 57.6. The van der Waals surface area contributed by atoms with Gasteiger partial charge in [0.05, 0.1) is 25.7 Å². The van der Waals surface area contributed by atoms with Crippen LogP contribution in [0.15, 0.2) is 23.5 Å². The van der Waals surface area contributed by atoms with Gasteiger partial charge in [0.2, 0.25) is 29.5 Å². The Morgan fingerprint density at radius 3 is 1.71 bits per heavy atom. The van der Waals surface area contributed by atoms with Gasteiger partial charge in [0.25, 0.3) is 5.91 Å². The number of hydrogen-bond acceptors (Lipinski definition) is 13. The summed E-state index contributed by atoms with van der Waals surface area (Å²) < 4.78 is 23.2. The number of hydrogen-bond donors (Lipinski definition) is 1. The summed E-state index contributed by atoms with van der Waals surface area (Å²) in [6, 6.07) is -6.11. The molecule has 3 aliphatic heterocycles. The van der Waals surface area contributed by atoms with Gasteiger partial charge in [-0.2, -0.15) is 0 Å². The van der Waals surface area contributed by atoms with Crippen molar-refractivity contribution in [2.24, 2.45) is 35.5 Å². The molecule has 0 aliphatic carbocycles. The van der Waals surface area contributed by atoms with Crippen molar-refractivity contribution in [2.75, 3.05) is 62.1 Å². The van der Waals surface area contributed by atoms with E-state index >= 15 is 0 Å². The molecule has 0 bridgehead atoms. The van der Waals surface area contributed by atoms with Gasteiger partial charge in [-0.15, -0.1) is 0 Å². The normalized spacial score (nSPS) is 30.5. The lowest BCUT2D eigenvalue weighted by Gasteiger charge is -2.41. The summed E-state index contributed by atoms with van der Waals surface area (Å²) in [6.45, 7) is 22.3. The van der Waals surface area contributed by atoms with Gasteiger partial charge >= 0.3 is 11.9 Å². The number of aliphatic hydroxyl groups is 1. The van der Waals surface area contributed by atoms with E-state index in [0.29, 0.717) is 56.9 Å². The van der Waals surface area contributed by atoms with Crippen molar-refractivity contribution < 1.29 is 62.4 Å². The second-order valence-electron chi connectivity index (χ2n) is 22.8. The Labute approximate surface area is 454 Å². The van der Waals surface area contributed by atoms with Crippen LogP contribution in [0.1, 0.15) is 141 Å². The molecule has 76 heavy (non-hydrogen) atoms. The third-order valence-electron chi connectivity index (χ3n) is 16.3. The standard InChI is InChI=1S/C57H96N6O13/c1-19-36(8)50-54(69)61(16)48(34(4)5)53(68)58(13)43(32-73-17)52(67)62-29-21-23-41(62)51(66)60(15)49(35(6)7)55(70)63-30-22-24-42(63)57(72)76-45(33(2)3)26-20-25-44(64)39(11)56(71)75-40(12)37(9)27-28-38(10)46(74-18)31-47(65)59(50)14/h28,31,33-37,39-45,48-50,64H,19-27,29-30,32H2,1-18H3. The highest BCUT2D eigenvalue weighted by Crippen LogP contribution is 2.30. The molecule has 6 amide bonds. The molecule has 0 aromatic rings. The molecule has 0 saturated carbocycles. The number of fused-ring (bicyclic) bond motifs is 2. The second kappa shape index (κ2) is 29.6. The van der Waals surface area contributed by atoms with Crippen molar-refractivity contribution >= 4 is 47.4 Å². The van der Waals surface area contributed by atoms with Gasteiger partial charge in [-0.3, -0.25) is 33.6 Å². The first kappa shape index (κ1) is 65.2. The molecule has 0 spiro atoms. The summed E-state index contributed by atoms with van der Waals surface area (Å²) in [5.74, 6) is -6.03. The van der Waals surface area contributed by atoms with Crippen LogP contribution < -0.4 is 0 Å². The Morgan fingerprint density at radius 2 is 1.17 bits per heavy atom. The van der Waals surface area contributed by atoms with Crippen molar-refractivity contribution in [1.82, 2.24) is 29.4 Å². The van der Waals surface area contributed by atoms with Crippen LogP contribution in [-0.2, 0) is 57.3 Å². The summed E-state index contributed by atoms with van der Waals surface area (Å²) in [5, 5.41) is 11.2. The number of carbonyl (C=O) groups excluding carboxylic acids is 8. The van der Waals surface area contributed by atoms with Gasteiger partial charge < -0.3 is 53.5 Å². The molecular weight excluding hydrogens is 977 g/mol. The van der Waals surface area contributed by atoms with Gasteiger partial charge in [0.1, 0.15) is 54.2 Å². The van der Waals surface area contributed by atoms with Crippen molar-refractivity contribution in [1.29, 1.82) is 0 Å². The van der Waals surface area contributed by atoms with Gasteiger partial charge in [0.15, 0.2) is 0 Å². The summed E-state index contributed by atoms with van der Waals surface area (Å²) in [7, 11) is 8.94. The number of allylic oxidation sites excluding steroid dienone is 2. The van der Waals surface area contributed by atoms with Crippen molar-refractivity contribution in [2.45, 2.75) is 195 Å². The van der Waals surface area contributed by atoms with E-state index in [9.17, 15) is 43.5 Å². The Balaban J connectivity index is 2.12. The lowest BCUT2D eigenvalue weighted by atomic mass is 9.93. The highest BCUT2D eigenvalue weighted by molar-refractivity contribution is 5.98. The molecule has 12 unspecified atom stereocenters. The number of aliphatic hydroxyl groups excluding tert-OH is 1. The average molecular weight is 1070 g/mol. The fraction of sp³-hybridized carbons (Fsp3) is 0.789. The number of carbonyl (C=O) groups is 8. The van der Waals surface area contributed by atoms with E-state index in [0.717, 1.165) is 0 Å². The Hall–Kier alpha value is -5.04. The molecule has 0 aromatic carbocycles. The number of cyclic esters (lactones) is 2. The molecular formula is C57H96N6O13. The Bertz CT molecular complexity index is 2080. The van der Waals surface area contributed by atoms with Crippen LogP contribution in [0.4, 0.5) is 0 Å². The third kappa shape index (κ3) is 16.0. The first-order valence-electron chi connectivity index (χ1n) is 27.8. The van der Waals surface area contributed by atoms with Crippen LogP contribution in [-0.4, -0.2) is 199 Å². The lowest BCUT2D eigenvalue weighted by molar-refractivity contribution is -0.163. The largest absolute Gasteiger partial charge is 0.496 e. The fourth-order valence-electron chi connectivity index (χ4n) is 10.8. The summed E-state index contributed by atoms with van der Waals surface area (Å²) in [4.78, 5) is 124. The molecule has 0 radical (unpaired) electrons. The van der Waals surface area contributed by atoms with Crippen LogP contribution in [0.5, 0.6) is 0 Å². The van der Waals surface area contributed by atoms with Crippen LogP contribution in [0, 0.1) is 35.5 Å².